The van der Waals surface area contributed by atoms with Crippen LogP contribution in [0.1, 0.15) is 80.6 Å². The van der Waals surface area contributed by atoms with E-state index in [0.29, 0.717) is 6.61 Å². The molecule has 0 bridgehead atoms. The first kappa shape index (κ1) is 19.4. The first-order valence-electron chi connectivity index (χ1n) is 8.01. The van der Waals surface area contributed by atoms with Gasteiger partial charge >= 0.3 is 5.97 Å². The van der Waals surface area contributed by atoms with Gasteiger partial charge in [-0.15, -0.1) is 0 Å². The van der Waals surface area contributed by atoms with Gasteiger partial charge in [-0.25, -0.2) is 0 Å². The predicted octanol–water partition coefficient (Wildman–Crippen LogP) is 4.93. The van der Waals surface area contributed by atoms with Gasteiger partial charge in [-0.2, -0.15) is 0 Å². The summed E-state index contributed by atoms with van der Waals surface area (Å²) < 4.78 is 11.3. The lowest BCUT2D eigenvalue weighted by Crippen LogP contribution is -2.36. The van der Waals surface area contributed by atoms with E-state index in [1.807, 2.05) is 6.92 Å². The Kier molecular flexibility index (Phi) is 8.41. The summed E-state index contributed by atoms with van der Waals surface area (Å²) in [6.45, 7) is 15.3. The Hall–Kier alpha value is -0.570. The normalized spacial score (nSPS) is 16.6. The van der Waals surface area contributed by atoms with Gasteiger partial charge in [0.05, 0.1) is 12.0 Å². The lowest BCUT2D eigenvalue weighted by Gasteiger charge is -2.34. The van der Waals surface area contributed by atoms with Gasteiger partial charge in [-0.05, 0) is 31.6 Å². The molecule has 120 valence electrons. The molecule has 0 aromatic heterocycles. The van der Waals surface area contributed by atoms with E-state index in [-0.39, 0.29) is 11.4 Å². The average Bonchev–Trinajstić information content (AvgIpc) is 2.33. The minimum atomic E-state index is -0.431. The van der Waals surface area contributed by atoms with Gasteiger partial charge < -0.3 is 9.47 Å². The van der Waals surface area contributed by atoms with Crippen molar-refractivity contribution < 1.29 is 14.3 Å². The van der Waals surface area contributed by atoms with E-state index in [0.717, 1.165) is 32.1 Å². The molecule has 0 N–H and O–H groups in total. The van der Waals surface area contributed by atoms with E-state index < -0.39 is 11.7 Å². The number of ether oxygens (including phenoxy) is 2. The maximum Gasteiger partial charge on any atom is 0.314 e. The Balaban J connectivity index is 4.72. The zero-order valence-electron chi connectivity index (χ0n) is 14.5. The highest BCUT2D eigenvalue weighted by molar-refractivity contribution is 5.76. The summed E-state index contributed by atoms with van der Waals surface area (Å²) in [6.07, 6.45) is 3.87. The smallest absolute Gasteiger partial charge is 0.314 e. The Morgan fingerprint density at radius 1 is 1.05 bits per heavy atom. The summed E-state index contributed by atoms with van der Waals surface area (Å²) in [6, 6.07) is 0. The maximum atomic E-state index is 12.5. The molecule has 3 nitrogen and oxygen atoms in total. The van der Waals surface area contributed by atoms with Crippen LogP contribution in [0.4, 0.5) is 0 Å². The highest BCUT2D eigenvalue weighted by atomic mass is 16.7. The molecule has 0 spiro atoms. The van der Waals surface area contributed by atoms with Crippen LogP contribution < -0.4 is 0 Å². The van der Waals surface area contributed by atoms with Crippen LogP contribution in [0, 0.1) is 10.8 Å². The Morgan fingerprint density at radius 2 is 1.65 bits per heavy atom. The van der Waals surface area contributed by atoms with Crippen LogP contribution in [0.15, 0.2) is 0 Å². The Bertz CT molecular complexity index is 280. The number of hydrogen-bond acceptors (Lipinski definition) is 3. The maximum absolute atomic E-state index is 12.5. The number of hydrogen-bond donors (Lipinski definition) is 0. The topological polar surface area (TPSA) is 35.5 Å². The number of carbonyl (C=O) groups excluding carboxylic acids is 1. The molecule has 0 aliphatic heterocycles. The monoisotopic (exact) mass is 286 g/mol. The second-order valence-corrected chi connectivity index (χ2v) is 7.15. The van der Waals surface area contributed by atoms with Crippen LogP contribution in [0.25, 0.3) is 0 Å². The Morgan fingerprint density at radius 3 is 2.05 bits per heavy atom. The van der Waals surface area contributed by atoms with Gasteiger partial charge in [0.15, 0.2) is 0 Å². The zero-order valence-corrected chi connectivity index (χ0v) is 14.5. The third-order valence-electron chi connectivity index (χ3n) is 3.46. The summed E-state index contributed by atoms with van der Waals surface area (Å²) in [7, 11) is 0. The highest BCUT2D eigenvalue weighted by Gasteiger charge is 2.38. The zero-order chi connectivity index (χ0) is 15.8. The number of carbonyl (C=O) groups is 1. The van der Waals surface area contributed by atoms with Crippen LogP contribution >= 0.6 is 0 Å². The van der Waals surface area contributed by atoms with E-state index in [2.05, 4.69) is 41.5 Å². The molecule has 2 unspecified atom stereocenters. The van der Waals surface area contributed by atoms with E-state index in [1.54, 1.807) is 0 Å². The summed E-state index contributed by atoms with van der Waals surface area (Å²) in [5.41, 5.74) is -0.325. The van der Waals surface area contributed by atoms with Crippen LogP contribution in [-0.4, -0.2) is 18.9 Å². The van der Waals surface area contributed by atoms with Gasteiger partial charge in [0, 0.05) is 6.42 Å². The molecule has 0 heterocycles. The molecule has 0 saturated heterocycles. The molecule has 2 atom stereocenters. The van der Waals surface area contributed by atoms with Crippen molar-refractivity contribution in [2.45, 2.75) is 86.9 Å². The molecule has 0 saturated carbocycles. The van der Waals surface area contributed by atoms with Crippen molar-refractivity contribution in [1.82, 2.24) is 0 Å². The first-order chi connectivity index (χ1) is 9.18. The molecule has 20 heavy (non-hydrogen) atoms. The van der Waals surface area contributed by atoms with Gasteiger partial charge in [-0.1, -0.05) is 48.0 Å². The summed E-state index contributed by atoms with van der Waals surface area (Å²) in [4.78, 5) is 12.5. The average molecular weight is 286 g/mol. The molecule has 0 radical (unpaired) electrons. The van der Waals surface area contributed by atoms with Crippen molar-refractivity contribution in [1.29, 1.82) is 0 Å². The van der Waals surface area contributed by atoms with E-state index in [4.69, 9.17) is 9.47 Å². The van der Waals surface area contributed by atoms with Crippen molar-refractivity contribution in [3.05, 3.63) is 0 Å². The third kappa shape index (κ3) is 7.28. The molecule has 3 heteroatoms. The molecule has 0 aromatic rings. The molecule has 0 aliphatic carbocycles. The third-order valence-corrected chi connectivity index (χ3v) is 3.46. The Labute approximate surface area is 125 Å². The fourth-order valence-electron chi connectivity index (χ4n) is 2.43. The van der Waals surface area contributed by atoms with Crippen LogP contribution in [0.3, 0.4) is 0 Å². The fourth-order valence-corrected chi connectivity index (χ4v) is 2.43. The van der Waals surface area contributed by atoms with Gasteiger partial charge in [0.2, 0.25) is 6.29 Å². The van der Waals surface area contributed by atoms with E-state index >= 15 is 0 Å². The quantitative estimate of drug-likeness (QED) is 0.445. The lowest BCUT2D eigenvalue weighted by molar-refractivity contribution is -0.192. The molecule has 0 fully saturated rings. The standard InChI is InChI=1S/C17H34O3/c1-8-11-14(19-12-9-2)20-15(18)17(7,10-3)13-16(4,5)6/h14H,8-13H2,1-7H3. The predicted molar refractivity (Wildman–Crippen MR) is 83.5 cm³/mol. The molecular weight excluding hydrogens is 252 g/mol. The van der Waals surface area contributed by atoms with Crippen molar-refractivity contribution in [2.75, 3.05) is 6.61 Å². The largest absolute Gasteiger partial charge is 0.435 e. The van der Waals surface area contributed by atoms with Gasteiger partial charge in [0.25, 0.3) is 0 Å². The second kappa shape index (κ2) is 8.66. The molecule has 0 aromatic carbocycles. The number of rotatable bonds is 9. The minimum Gasteiger partial charge on any atom is -0.435 e. The molecule has 0 aliphatic rings. The first-order valence-corrected chi connectivity index (χ1v) is 8.01. The van der Waals surface area contributed by atoms with Crippen LogP contribution in [-0.2, 0) is 14.3 Å². The van der Waals surface area contributed by atoms with Crippen LogP contribution in [0.2, 0.25) is 0 Å². The van der Waals surface area contributed by atoms with Crippen molar-refractivity contribution in [2.24, 2.45) is 10.8 Å². The van der Waals surface area contributed by atoms with Gasteiger partial charge in [0.1, 0.15) is 0 Å². The summed E-state index contributed by atoms with van der Waals surface area (Å²) >= 11 is 0. The lowest BCUT2D eigenvalue weighted by atomic mass is 9.73. The second-order valence-electron chi connectivity index (χ2n) is 7.15. The SMILES string of the molecule is CCCOC(CCC)OC(=O)C(C)(CC)CC(C)(C)C. The van der Waals surface area contributed by atoms with Crippen molar-refractivity contribution in [3.8, 4) is 0 Å². The molecule has 0 amide bonds. The van der Waals surface area contributed by atoms with Crippen molar-refractivity contribution >= 4 is 5.97 Å². The number of esters is 1. The van der Waals surface area contributed by atoms with Crippen molar-refractivity contribution in [3.63, 3.8) is 0 Å². The van der Waals surface area contributed by atoms with E-state index in [9.17, 15) is 4.79 Å². The fraction of sp³-hybridized carbons (Fsp3) is 0.941. The van der Waals surface area contributed by atoms with Crippen LogP contribution in [0.5, 0.6) is 0 Å². The van der Waals surface area contributed by atoms with Gasteiger partial charge in [-0.3, -0.25) is 4.79 Å². The molecular formula is C17H34O3. The highest BCUT2D eigenvalue weighted by Crippen LogP contribution is 2.37. The molecule has 0 rings (SSSR count). The summed E-state index contributed by atoms with van der Waals surface area (Å²) in [5, 5.41) is 0. The summed E-state index contributed by atoms with van der Waals surface area (Å²) in [5.74, 6) is -0.121. The van der Waals surface area contributed by atoms with E-state index in [1.165, 1.54) is 0 Å². The minimum absolute atomic E-state index is 0.105.